The zero-order valence-corrected chi connectivity index (χ0v) is 13.3. The van der Waals surface area contributed by atoms with Gasteiger partial charge in [0.1, 0.15) is 0 Å². The number of ether oxygens (including phenoxy) is 1. The van der Waals surface area contributed by atoms with Crippen molar-refractivity contribution in [3.63, 3.8) is 0 Å². The van der Waals surface area contributed by atoms with Gasteiger partial charge < -0.3 is 14.6 Å². The predicted molar refractivity (Wildman–Crippen MR) is 85.7 cm³/mol. The Morgan fingerprint density at radius 1 is 1.29 bits per heavy atom. The van der Waals surface area contributed by atoms with Gasteiger partial charge in [-0.2, -0.15) is 0 Å². The molecule has 0 saturated carbocycles. The molecule has 0 radical (unpaired) electrons. The zero-order chi connectivity index (χ0) is 15.3. The zero-order valence-electron chi connectivity index (χ0n) is 13.3. The molecule has 1 N–H and O–H groups in total. The third-order valence-corrected chi connectivity index (χ3v) is 3.56. The number of benzene rings is 1. The monoisotopic (exact) mass is 287 g/mol. The quantitative estimate of drug-likeness (QED) is 0.849. The smallest absolute Gasteiger partial charge is 0.0991 e. The average molecular weight is 287 g/mol. The van der Waals surface area contributed by atoms with E-state index >= 15 is 0 Å². The normalized spacial score (nSPS) is 13.3. The molecular formula is C17H25N3O. The van der Waals surface area contributed by atoms with Gasteiger partial charge in [-0.05, 0) is 45.4 Å². The number of hydrogen-bond donors (Lipinski definition) is 1. The van der Waals surface area contributed by atoms with Crippen LogP contribution in [-0.4, -0.2) is 28.3 Å². The Labute approximate surface area is 127 Å². The lowest BCUT2D eigenvalue weighted by atomic mass is 10.1. The summed E-state index contributed by atoms with van der Waals surface area (Å²) >= 11 is 0. The van der Waals surface area contributed by atoms with E-state index in [1.165, 1.54) is 5.56 Å². The minimum atomic E-state index is -0.139. The molecule has 0 fully saturated rings. The second-order valence-corrected chi connectivity index (χ2v) is 5.86. The van der Waals surface area contributed by atoms with Crippen LogP contribution in [0.3, 0.4) is 0 Å². The van der Waals surface area contributed by atoms with Crippen LogP contribution in [0.5, 0.6) is 0 Å². The minimum absolute atomic E-state index is 0.139. The predicted octanol–water partition coefficient (Wildman–Crippen LogP) is 3.34. The maximum absolute atomic E-state index is 5.71. The van der Waals surface area contributed by atoms with E-state index in [1.54, 1.807) is 12.5 Å². The van der Waals surface area contributed by atoms with Crippen molar-refractivity contribution in [2.45, 2.75) is 39.3 Å². The molecule has 114 valence electrons. The number of aromatic nitrogens is 2. The topological polar surface area (TPSA) is 39.1 Å². The summed E-state index contributed by atoms with van der Waals surface area (Å²) < 4.78 is 7.71. The van der Waals surface area contributed by atoms with Crippen molar-refractivity contribution in [3.05, 3.63) is 48.5 Å². The van der Waals surface area contributed by atoms with Gasteiger partial charge in [0.05, 0.1) is 11.9 Å². The van der Waals surface area contributed by atoms with Gasteiger partial charge in [0.25, 0.3) is 0 Å². The molecule has 2 aromatic rings. The van der Waals surface area contributed by atoms with Crippen LogP contribution in [-0.2, 0) is 4.74 Å². The van der Waals surface area contributed by atoms with Crippen molar-refractivity contribution in [1.82, 2.24) is 14.9 Å². The van der Waals surface area contributed by atoms with E-state index in [4.69, 9.17) is 4.74 Å². The number of nitrogens with zero attached hydrogens (tertiary/aromatic N) is 2. The van der Waals surface area contributed by atoms with Gasteiger partial charge in [-0.25, -0.2) is 4.98 Å². The summed E-state index contributed by atoms with van der Waals surface area (Å²) in [5.41, 5.74) is 2.25. The molecule has 1 aromatic heterocycles. The lowest BCUT2D eigenvalue weighted by Crippen LogP contribution is -2.38. The van der Waals surface area contributed by atoms with Crippen LogP contribution < -0.4 is 5.32 Å². The molecule has 1 atom stereocenters. The van der Waals surface area contributed by atoms with Crippen LogP contribution in [0.25, 0.3) is 5.69 Å². The SMILES string of the molecule is CCOC(C)(C)CNC(C)c1ccc(-n2ccnc2)cc1. The standard InChI is InChI=1S/C17H25N3O/c1-5-21-17(3,4)12-19-14(2)15-6-8-16(9-7-15)20-11-10-18-13-20/h6-11,13-14,19H,5,12H2,1-4H3. The number of rotatable bonds is 7. The fourth-order valence-corrected chi connectivity index (χ4v) is 2.31. The molecule has 0 aliphatic heterocycles. The molecule has 21 heavy (non-hydrogen) atoms. The Morgan fingerprint density at radius 2 is 2.00 bits per heavy atom. The molecule has 2 rings (SSSR count). The van der Waals surface area contributed by atoms with Crippen molar-refractivity contribution in [3.8, 4) is 5.69 Å². The van der Waals surface area contributed by atoms with Crippen molar-refractivity contribution < 1.29 is 4.74 Å². The molecule has 1 heterocycles. The number of hydrogen-bond acceptors (Lipinski definition) is 3. The molecule has 0 aliphatic carbocycles. The summed E-state index contributed by atoms with van der Waals surface area (Å²) in [6.07, 6.45) is 5.54. The molecular weight excluding hydrogens is 262 g/mol. The van der Waals surface area contributed by atoms with Crippen LogP contribution >= 0.6 is 0 Å². The van der Waals surface area contributed by atoms with E-state index in [0.29, 0.717) is 6.04 Å². The molecule has 0 spiro atoms. The van der Waals surface area contributed by atoms with Gasteiger partial charge in [0.2, 0.25) is 0 Å². The number of nitrogens with one attached hydrogen (secondary N) is 1. The largest absolute Gasteiger partial charge is 0.375 e. The number of imidazole rings is 1. The molecule has 4 heteroatoms. The first-order chi connectivity index (χ1) is 10.0. The van der Waals surface area contributed by atoms with Crippen LogP contribution in [0.4, 0.5) is 0 Å². The Bertz CT molecular complexity index is 532. The van der Waals surface area contributed by atoms with E-state index in [2.05, 4.69) is 55.3 Å². The summed E-state index contributed by atoms with van der Waals surface area (Å²) in [6, 6.07) is 8.83. The highest BCUT2D eigenvalue weighted by Crippen LogP contribution is 2.17. The molecule has 0 amide bonds. The van der Waals surface area contributed by atoms with E-state index in [-0.39, 0.29) is 5.60 Å². The summed E-state index contributed by atoms with van der Waals surface area (Å²) in [5.74, 6) is 0. The Kier molecular flexibility index (Phi) is 5.15. The Balaban J connectivity index is 1.95. The third-order valence-electron chi connectivity index (χ3n) is 3.56. The first-order valence-electron chi connectivity index (χ1n) is 7.47. The van der Waals surface area contributed by atoms with Gasteiger partial charge in [-0.3, -0.25) is 0 Å². The molecule has 4 nitrogen and oxygen atoms in total. The van der Waals surface area contributed by atoms with E-state index in [0.717, 1.165) is 18.8 Å². The van der Waals surface area contributed by atoms with Gasteiger partial charge in [0, 0.05) is 37.3 Å². The molecule has 1 aromatic carbocycles. The van der Waals surface area contributed by atoms with Gasteiger partial charge in [-0.1, -0.05) is 12.1 Å². The molecule has 0 aliphatic rings. The highest BCUT2D eigenvalue weighted by molar-refractivity contribution is 5.35. The van der Waals surface area contributed by atoms with Gasteiger partial charge in [0.15, 0.2) is 0 Å². The van der Waals surface area contributed by atoms with E-state index < -0.39 is 0 Å². The first-order valence-corrected chi connectivity index (χ1v) is 7.47. The maximum Gasteiger partial charge on any atom is 0.0991 e. The summed E-state index contributed by atoms with van der Waals surface area (Å²) in [7, 11) is 0. The molecule has 1 unspecified atom stereocenters. The van der Waals surface area contributed by atoms with Crippen LogP contribution in [0.1, 0.15) is 39.3 Å². The summed E-state index contributed by atoms with van der Waals surface area (Å²) in [5, 5.41) is 3.53. The molecule has 0 saturated heterocycles. The average Bonchev–Trinajstić information content (AvgIpc) is 2.99. The Morgan fingerprint density at radius 3 is 2.57 bits per heavy atom. The van der Waals surface area contributed by atoms with Crippen molar-refractivity contribution in [1.29, 1.82) is 0 Å². The summed E-state index contributed by atoms with van der Waals surface area (Å²) in [6.45, 7) is 9.99. The lowest BCUT2D eigenvalue weighted by molar-refractivity contribution is -0.0103. The maximum atomic E-state index is 5.71. The minimum Gasteiger partial charge on any atom is -0.375 e. The lowest BCUT2D eigenvalue weighted by Gasteiger charge is -2.27. The fraction of sp³-hybridized carbons (Fsp3) is 0.471. The van der Waals surface area contributed by atoms with E-state index in [9.17, 15) is 0 Å². The summed E-state index contributed by atoms with van der Waals surface area (Å²) in [4.78, 5) is 4.07. The fourth-order valence-electron chi connectivity index (χ4n) is 2.31. The Hall–Kier alpha value is -1.65. The molecule has 0 bridgehead atoms. The highest BCUT2D eigenvalue weighted by Gasteiger charge is 2.18. The van der Waals surface area contributed by atoms with Gasteiger partial charge >= 0.3 is 0 Å². The third kappa shape index (κ3) is 4.41. The van der Waals surface area contributed by atoms with Crippen molar-refractivity contribution >= 4 is 0 Å². The van der Waals surface area contributed by atoms with Crippen molar-refractivity contribution in [2.24, 2.45) is 0 Å². The van der Waals surface area contributed by atoms with Crippen LogP contribution in [0.15, 0.2) is 43.0 Å². The van der Waals surface area contributed by atoms with Crippen molar-refractivity contribution in [2.75, 3.05) is 13.2 Å². The first kappa shape index (κ1) is 15.7. The second-order valence-electron chi connectivity index (χ2n) is 5.86. The van der Waals surface area contributed by atoms with Crippen LogP contribution in [0.2, 0.25) is 0 Å². The van der Waals surface area contributed by atoms with Crippen LogP contribution in [0, 0.1) is 0 Å². The van der Waals surface area contributed by atoms with E-state index in [1.807, 2.05) is 17.7 Å². The second kappa shape index (κ2) is 6.87. The van der Waals surface area contributed by atoms with Gasteiger partial charge in [-0.15, -0.1) is 0 Å². The highest BCUT2D eigenvalue weighted by atomic mass is 16.5.